The minimum absolute atomic E-state index is 0.209. The van der Waals surface area contributed by atoms with E-state index in [1.807, 2.05) is 36.6 Å². The number of benzene rings is 2. The Morgan fingerprint density at radius 2 is 1.82 bits per heavy atom. The maximum Gasteiger partial charge on any atom is 0.246 e. The van der Waals surface area contributed by atoms with Gasteiger partial charge in [-0.05, 0) is 90.3 Å². The van der Waals surface area contributed by atoms with Crippen LogP contribution in [-0.4, -0.2) is 61.2 Å². The smallest absolute Gasteiger partial charge is 0.246 e. The van der Waals surface area contributed by atoms with E-state index in [1.54, 1.807) is 45.2 Å². The summed E-state index contributed by atoms with van der Waals surface area (Å²) in [7, 11) is 4.68. The van der Waals surface area contributed by atoms with Gasteiger partial charge in [0.25, 0.3) is 0 Å². The summed E-state index contributed by atoms with van der Waals surface area (Å²) in [5.74, 6) is 3.02. The Labute approximate surface area is 290 Å². The maximum atomic E-state index is 13.9. The van der Waals surface area contributed by atoms with Gasteiger partial charge in [0.2, 0.25) is 23.0 Å². The van der Waals surface area contributed by atoms with Gasteiger partial charge in [-0.1, -0.05) is 19.9 Å². The zero-order chi connectivity index (χ0) is 35.2. The van der Waals surface area contributed by atoms with Gasteiger partial charge in [-0.3, -0.25) is 14.4 Å². The van der Waals surface area contributed by atoms with Crippen molar-refractivity contribution in [3.8, 4) is 28.4 Å². The normalized spacial score (nSPS) is 14.3. The average molecular weight is 688 g/mol. The molecular formula is C37H45N5O6S. The quantitative estimate of drug-likeness (QED) is 0.131. The molecule has 1 aliphatic rings. The summed E-state index contributed by atoms with van der Waals surface area (Å²) in [5, 5.41) is 9.32. The predicted molar refractivity (Wildman–Crippen MR) is 196 cm³/mol. The topological polar surface area (TPSA) is 144 Å². The van der Waals surface area contributed by atoms with Gasteiger partial charge in [-0.15, -0.1) is 0 Å². The van der Waals surface area contributed by atoms with E-state index in [1.165, 1.54) is 6.92 Å². The van der Waals surface area contributed by atoms with Crippen molar-refractivity contribution in [1.82, 2.24) is 15.3 Å². The van der Waals surface area contributed by atoms with Crippen LogP contribution in [0.4, 0.5) is 11.4 Å². The number of nitrogens with zero attached hydrogens (tertiary/aromatic N) is 1. The van der Waals surface area contributed by atoms with Crippen LogP contribution < -0.4 is 35.6 Å². The van der Waals surface area contributed by atoms with E-state index in [2.05, 4.69) is 39.8 Å². The highest BCUT2D eigenvalue weighted by atomic mass is 32.2. The molecule has 49 heavy (non-hydrogen) atoms. The summed E-state index contributed by atoms with van der Waals surface area (Å²) in [6, 6.07) is 11.5. The van der Waals surface area contributed by atoms with Crippen LogP contribution in [0.5, 0.6) is 17.2 Å². The number of H-pyrrole nitrogens is 1. The number of methoxy groups -OCH3 is 3. The first-order valence-corrected chi connectivity index (χ1v) is 17.8. The number of aromatic amines is 1. The van der Waals surface area contributed by atoms with Crippen molar-refractivity contribution in [3.05, 3.63) is 69.6 Å². The molecule has 1 heterocycles. The Morgan fingerprint density at radius 1 is 1.04 bits per heavy atom. The van der Waals surface area contributed by atoms with E-state index >= 15 is 0 Å². The van der Waals surface area contributed by atoms with Gasteiger partial charge in [0.15, 0.2) is 11.5 Å². The Balaban J connectivity index is 1.53. The van der Waals surface area contributed by atoms with Gasteiger partial charge in [0.1, 0.15) is 11.9 Å². The largest absolute Gasteiger partial charge is 0.493 e. The molecule has 2 amide bonds. The van der Waals surface area contributed by atoms with Crippen molar-refractivity contribution in [2.75, 3.05) is 44.0 Å². The predicted octanol–water partition coefficient (Wildman–Crippen LogP) is 6.11. The van der Waals surface area contributed by atoms with E-state index in [9.17, 15) is 14.4 Å². The van der Waals surface area contributed by atoms with Crippen LogP contribution in [0.2, 0.25) is 0 Å². The highest BCUT2D eigenvalue weighted by molar-refractivity contribution is 7.98. The molecule has 0 spiro atoms. The van der Waals surface area contributed by atoms with Crippen LogP contribution >= 0.6 is 11.8 Å². The Bertz CT molecular complexity index is 1910. The molecule has 4 aromatic rings. The number of aryl methyl sites for hydroxylation is 1. The van der Waals surface area contributed by atoms with Crippen molar-refractivity contribution in [3.63, 3.8) is 0 Å². The van der Waals surface area contributed by atoms with Crippen molar-refractivity contribution in [2.24, 2.45) is 5.92 Å². The van der Waals surface area contributed by atoms with Crippen molar-refractivity contribution < 1.29 is 23.8 Å². The summed E-state index contributed by atoms with van der Waals surface area (Å²) < 4.78 is 17.2. The highest BCUT2D eigenvalue weighted by Gasteiger charge is 2.30. The number of hydrogen-bond donors (Lipinski definition) is 4. The molecule has 0 aliphatic heterocycles. The number of rotatable bonds is 13. The highest BCUT2D eigenvalue weighted by Crippen LogP contribution is 2.50. The molecule has 1 aromatic heterocycles. The SMILES string of the molecule is COc1cc2c(c(OC)c1OC)-c1ccc(N[C@H](CCSC)C(=O)Nc3ccc4nc(CC(C)C)[nH]c4c3)c(=O)cc1[C@H](NC(C)=O)CC2. The lowest BCUT2D eigenvalue weighted by molar-refractivity contribution is -0.120. The molecule has 5 rings (SSSR count). The zero-order valence-corrected chi connectivity index (χ0v) is 29.9. The molecule has 0 radical (unpaired) electrons. The lowest BCUT2D eigenvalue weighted by Crippen LogP contribution is -2.36. The molecule has 0 fully saturated rings. The minimum Gasteiger partial charge on any atom is -0.493 e. The second kappa shape index (κ2) is 15.7. The molecule has 4 N–H and O–H groups in total. The Morgan fingerprint density at radius 3 is 2.49 bits per heavy atom. The summed E-state index contributed by atoms with van der Waals surface area (Å²) in [4.78, 5) is 48.0. The first-order chi connectivity index (χ1) is 23.6. The molecule has 12 heteroatoms. The molecule has 3 aromatic carbocycles. The van der Waals surface area contributed by atoms with E-state index in [0.29, 0.717) is 65.0 Å². The maximum absolute atomic E-state index is 13.9. The van der Waals surface area contributed by atoms with Gasteiger partial charge < -0.3 is 35.1 Å². The number of hydrogen-bond acceptors (Lipinski definition) is 9. The van der Waals surface area contributed by atoms with Crippen LogP contribution in [0.15, 0.2) is 47.3 Å². The van der Waals surface area contributed by atoms with Crippen molar-refractivity contribution in [1.29, 1.82) is 0 Å². The summed E-state index contributed by atoms with van der Waals surface area (Å²) in [6.07, 6.45) is 4.43. The minimum atomic E-state index is -0.700. The van der Waals surface area contributed by atoms with Crippen LogP contribution in [-0.2, 0) is 22.4 Å². The van der Waals surface area contributed by atoms with E-state index in [0.717, 1.165) is 34.4 Å². The second-order valence-corrected chi connectivity index (χ2v) is 13.6. The number of carbonyl (C=O) groups excluding carboxylic acids is 2. The van der Waals surface area contributed by atoms with E-state index < -0.39 is 12.1 Å². The number of nitrogens with one attached hydrogen (secondary N) is 4. The molecule has 260 valence electrons. The third-order valence-corrected chi connectivity index (χ3v) is 9.22. The lowest BCUT2D eigenvalue weighted by atomic mass is 9.95. The number of fused-ring (bicyclic) bond motifs is 4. The van der Waals surface area contributed by atoms with Crippen LogP contribution in [0.1, 0.15) is 56.6 Å². The third kappa shape index (κ3) is 7.96. The van der Waals surface area contributed by atoms with Crippen molar-refractivity contribution >= 4 is 46.0 Å². The summed E-state index contributed by atoms with van der Waals surface area (Å²) >= 11 is 1.62. The molecular weight excluding hydrogens is 643 g/mol. The van der Waals surface area contributed by atoms with Crippen molar-refractivity contribution in [2.45, 2.75) is 58.5 Å². The molecule has 2 atom stereocenters. The number of ether oxygens (including phenoxy) is 3. The summed E-state index contributed by atoms with van der Waals surface area (Å²) in [5.41, 5.74) is 5.32. The first kappa shape index (κ1) is 35.6. The molecule has 0 saturated carbocycles. The van der Waals surface area contributed by atoms with E-state index in [4.69, 9.17) is 14.2 Å². The second-order valence-electron chi connectivity index (χ2n) is 12.6. The van der Waals surface area contributed by atoms with E-state index in [-0.39, 0.29) is 22.9 Å². The van der Waals surface area contributed by atoms with Gasteiger partial charge >= 0.3 is 0 Å². The zero-order valence-electron chi connectivity index (χ0n) is 29.1. The monoisotopic (exact) mass is 687 g/mol. The molecule has 0 unspecified atom stereocenters. The van der Waals surface area contributed by atoms with Crippen LogP contribution in [0.25, 0.3) is 22.2 Å². The average Bonchev–Trinajstić information content (AvgIpc) is 3.31. The first-order valence-electron chi connectivity index (χ1n) is 16.4. The van der Waals surface area contributed by atoms with Crippen LogP contribution in [0, 0.1) is 5.92 Å². The molecule has 11 nitrogen and oxygen atoms in total. The van der Waals surface area contributed by atoms with Gasteiger partial charge in [0.05, 0.1) is 44.1 Å². The number of anilines is 2. The third-order valence-electron chi connectivity index (χ3n) is 8.57. The fraction of sp³-hybridized carbons (Fsp3) is 0.405. The van der Waals surface area contributed by atoms with Gasteiger partial charge in [-0.25, -0.2) is 4.98 Å². The fourth-order valence-electron chi connectivity index (χ4n) is 6.37. The van der Waals surface area contributed by atoms with Crippen LogP contribution in [0.3, 0.4) is 0 Å². The Hall–Kier alpha value is -4.71. The fourth-order valence-corrected chi connectivity index (χ4v) is 6.84. The number of carbonyl (C=O) groups is 2. The van der Waals surface area contributed by atoms with Gasteiger partial charge in [0, 0.05) is 24.6 Å². The number of thioether (sulfide) groups is 1. The number of imidazole rings is 1. The number of aromatic nitrogens is 2. The molecule has 1 aliphatic carbocycles. The molecule has 0 saturated heterocycles. The molecule has 0 bridgehead atoms. The lowest BCUT2D eigenvalue weighted by Gasteiger charge is -2.19. The standard InChI is InChI=1S/C37H45N5O6S/c1-20(2)16-33-41-27-12-9-23(18-30(27)42-33)39-37(45)29(14-15-49-7)40-28-13-10-24-25(19-31(28)44)26(38-21(3)43)11-8-22-17-32(46-4)35(47-5)36(48-6)34(22)24/h9-10,12-13,17-20,26,29H,8,11,14-16H2,1-7H3,(H,38,43)(H,39,45)(H,40,44)(H,41,42)/t26-,29-/m1/s1. The van der Waals surface area contributed by atoms with Gasteiger partial charge in [-0.2, -0.15) is 11.8 Å². The Kier molecular flexibility index (Phi) is 11.4. The number of amides is 2. The summed E-state index contributed by atoms with van der Waals surface area (Å²) in [6.45, 7) is 5.74.